The summed E-state index contributed by atoms with van der Waals surface area (Å²) in [6, 6.07) is 34.7. The van der Waals surface area contributed by atoms with Crippen molar-refractivity contribution in [3.63, 3.8) is 0 Å². The smallest absolute Gasteiger partial charge is 0.295 e. The molecule has 0 fully saturated rings. The third kappa shape index (κ3) is 14.4. The molecule has 8 rings (SSSR count). The fourth-order valence-corrected chi connectivity index (χ4v) is 9.22. The summed E-state index contributed by atoms with van der Waals surface area (Å²) in [7, 11) is -19.0. The van der Waals surface area contributed by atoms with Gasteiger partial charge in [0.2, 0.25) is 0 Å². The van der Waals surface area contributed by atoms with Gasteiger partial charge in [-0.15, -0.1) is 20.5 Å². The van der Waals surface area contributed by atoms with Crippen molar-refractivity contribution in [2.24, 2.45) is 61.4 Å². The van der Waals surface area contributed by atoms with Crippen LogP contribution < -0.4 is 22.9 Å². The zero-order valence-electron chi connectivity index (χ0n) is 40.4. The van der Waals surface area contributed by atoms with Crippen LogP contribution in [0.25, 0.3) is 11.1 Å². The van der Waals surface area contributed by atoms with Gasteiger partial charge in [-0.25, -0.2) is 0 Å². The molecule has 0 bridgehead atoms. The molecule has 0 spiro atoms. The predicted molar refractivity (Wildman–Crippen MR) is 292 cm³/mol. The average Bonchev–Trinajstić information content (AvgIpc) is 3.42. The Morgan fingerprint density at radius 1 is 0.250 bits per heavy atom. The van der Waals surface area contributed by atoms with E-state index in [1.54, 1.807) is 48.5 Å². The van der Waals surface area contributed by atoms with Crippen LogP contribution in [0.5, 0.6) is 0 Å². The standard InChI is InChI=1S/C48H38N16O12S4/c49-39-23-41(51)45(25-43(39)61-57-29-5-1-27(2-6-29)53-55-31-9-15-35(16-10-31)77(65,66)67)63-59-33-13-19-37(47(21-33)79(71,72)73)38-20-14-34(22-48(38)80(74,75)76)60-64-46-26-44(40(50)24-42(46)52)62-58-30-7-3-28(4-8-30)54-56-32-11-17-36(18-12-32)78(68,69)70/h1-26H,49-52H2,(H,65,66,67)(H,68,69,70)(H,71,72,73)(H,74,75,76). The van der Waals surface area contributed by atoms with Crippen molar-refractivity contribution < 1.29 is 51.9 Å². The van der Waals surface area contributed by atoms with Crippen LogP contribution in [0.4, 0.5) is 91.0 Å². The maximum Gasteiger partial charge on any atom is 0.295 e. The van der Waals surface area contributed by atoms with E-state index in [9.17, 15) is 42.8 Å². The number of hydrogen-bond acceptors (Lipinski definition) is 24. The van der Waals surface area contributed by atoms with E-state index in [-0.39, 0.29) is 77.8 Å². The largest absolute Gasteiger partial charge is 0.397 e. The Labute approximate surface area is 453 Å². The minimum absolute atomic E-state index is 0.0180. The van der Waals surface area contributed by atoms with Crippen LogP contribution in [-0.4, -0.2) is 51.9 Å². The van der Waals surface area contributed by atoms with E-state index in [1.807, 2.05) is 0 Å². The fraction of sp³-hybridized carbons (Fsp3) is 0. The first-order chi connectivity index (χ1) is 37.8. The second-order valence-corrected chi connectivity index (χ2v) is 22.0. The number of hydrogen-bond donors (Lipinski definition) is 8. The van der Waals surface area contributed by atoms with E-state index in [0.717, 1.165) is 24.3 Å². The minimum Gasteiger partial charge on any atom is -0.397 e. The van der Waals surface area contributed by atoms with Gasteiger partial charge in [-0.2, -0.15) is 74.6 Å². The summed E-state index contributed by atoms with van der Waals surface area (Å²) in [6.07, 6.45) is 0. The number of rotatable bonds is 17. The molecule has 0 atom stereocenters. The van der Waals surface area contributed by atoms with Gasteiger partial charge < -0.3 is 22.9 Å². The summed E-state index contributed by atoms with van der Waals surface area (Å²) in [6.45, 7) is 0. The summed E-state index contributed by atoms with van der Waals surface area (Å²) in [5.74, 6) is 0. The van der Waals surface area contributed by atoms with Crippen LogP contribution in [0.2, 0.25) is 0 Å². The van der Waals surface area contributed by atoms with Crippen LogP contribution in [-0.2, 0) is 40.5 Å². The van der Waals surface area contributed by atoms with Crippen LogP contribution in [0.3, 0.4) is 0 Å². The Morgan fingerprint density at radius 3 is 0.700 bits per heavy atom. The number of anilines is 4. The van der Waals surface area contributed by atoms with Gasteiger partial charge in [0, 0.05) is 11.1 Å². The summed E-state index contributed by atoms with van der Waals surface area (Å²) in [5, 5.41) is 49.2. The first kappa shape index (κ1) is 56.4. The topological polar surface area (TPSA) is 470 Å². The average molecular weight is 1160 g/mol. The highest BCUT2D eigenvalue weighted by Crippen LogP contribution is 2.41. The lowest BCUT2D eigenvalue weighted by Gasteiger charge is -2.12. The molecule has 0 saturated carbocycles. The monoisotopic (exact) mass is 1160 g/mol. The highest BCUT2D eigenvalue weighted by molar-refractivity contribution is 7.86. The number of nitrogens with two attached hydrogens (primary N) is 4. The molecule has 0 amide bonds. The first-order valence-electron chi connectivity index (χ1n) is 22.2. The fourth-order valence-electron chi connectivity index (χ4n) is 6.81. The third-order valence-electron chi connectivity index (χ3n) is 10.8. The summed E-state index contributed by atoms with van der Waals surface area (Å²) in [4.78, 5) is -2.23. The van der Waals surface area contributed by atoms with E-state index in [2.05, 4.69) is 61.4 Å². The van der Waals surface area contributed by atoms with E-state index >= 15 is 0 Å². The quantitative estimate of drug-likeness (QED) is 0.0238. The lowest BCUT2D eigenvalue weighted by atomic mass is 10.0. The van der Waals surface area contributed by atoms with E-state index in [1.165, 1.54) is 84.9 Å². The highest BCUT2D eigenvalue weighted by atomic mass is 32.2. The van der Waals surface area contributed by atoms with Gasteiger partial charge in [-0.3, -0.25) is 18.2 Å². The van der Waals surface area contributed by atoms with Crippen molar-refractivity contribution in [3.8, 4) is 11.1 Å². The second-order valence-electron chi connectivity index (χ2n) is 16.4. The second kappa shape index (κ2) is 23.0. The van der Waals surface area contributed by atoms with Crippen LogP contribution in [0, 0.1) is 0 Å². The van der Waals surface area contributed by atoms with Crippen molar-refractivity contribution in [3.05, 3.63) is 158 Å². The lowest BCUT2D eigenvalue weighted by Crippen LogP contribution is -2.05. The Hall–Kier alpha value is -9.80. The van der Waals surface area contributed by atoms with Crippen molar-refractivity contribution in [1.82, 2.24) is 0 Å². The molecule has 8 aromatic carbocycles. The zero-order valence-corrected chi connectivity index (χ0v) is 43.6. The molecule has 0 radical (unpaired) electrons. The highest BCUT2D eigenvalue weighted by Gasteiger charge is 2.25. The van der Waals surface area contributed by atoms with Gasteiger partial charge >= 0.3 is 0 Å². The maximum absolute atomic E-state index is 12.8. The molecular weight excluding hydrogens is 1120 g/mol. The summed E-state index contributed by atoms with van der Waals surface area (Å²) in [5.41, 5.74) is 26.3. The predicted octanol–water partition coefficient (Wildman–Crippen LogP) is 13.2. The van der Waals surface area contributed by atoms with Gasteiger partial charge in [-0.1, -0.05) is 12.1 Å². The number of azo groups is 6. The summed E-state index contributed by atoms with van der Waals surface area (Å²) < 4.78 is 135. The first-order valence-corrected chi connectivity index (χ1v) is 28.0. The molecular formula is C48H38N16O12S4. The Bertz CT molecular complexity index is 4090. The summed E-state index contributed by atoms with van der Waals surface area (Å²) >= 11 is 0. The number of nitrogen functional groups attached to an aromatic ring is 4. The van der Waals surface area contributed by atoms with Crippen molar-refractivity contribution in [2.45, 2.75) is 19.6 Å². The van der Waals surface area contributed by atoms with Gasteiger partial charge in [-0.05, 0) is 146 Å². The van der Waals surface area contributed by atoms with Crippen molar-refractivity contribution in [2.75, 3.05) is 22.9 Å². The molecule has 0 saturated heterocycles. The normalized spacial score (nSPS) is 12.8. The van der Waals surface area contributed by atoms with Gasteiger partial charge in [0.15, 0.2) is 0 Å². The van der Waals surface area contributed by atoms with E-state index in [4.69, 9.17) is 32.0 Å². The number of nitrogens with zero attached hydrogens (tertiary/aromatic N) is 12. The molecule has 80 heavy (non-hydrogen) atoms. The Balaban J connectivity index is 0.972. The molecule has 12 N–H and O–H groups in total. The minimum atomic E-state index is -5.13. The van der Waals surface area contributed by atoms with Crippen LogP contribution in [0.15, 0.2) is 239 Å². The van der Waals surface area contributed by atoms with Gasteiger partial charge in [0.05, 0.1) is 78.0 Å². The molecule has 0 aliphatic rings. The lowest BCUT2D eigenvalue weighted by molar-refractivity contribution is 0.480. The molecule has 0 aliphatic carbocycles. The molecule has 8 aromatic rings. The molecule has 0 aromatic heterocycles. The molecule has 0 unspecified atom stereocenters. The van der Waals surface area contributed by atoms with Crippen molar-refractivity contribution >= 4 is 131 Å². The molecule has 32 heteroatoms. The van der Waals surface area contributed by atoms with Crippen LogP contribution in [0.1, 0.15) is 0 Å². The maximum atomic E-state index is 12.8. The van der Waals surface area contributed by atoms with Gasteiger partial charge in [0.25, 0.3) is 40.5 Å². The van der Waals surface area contributed by atoms with E-state index in [0.29, 0.717) is 34.1 Å². The molecule has 0 heterocycles. The molecule has 28 nitrogen and oxygen atoms in total. The number of benzene rings is 8. The third-order valence-corrected chi connectivity index (χ3v) is 14.3. The zero-order chi connectivity index (χ0) is 57.6. The van der Waals surface area contributed by atoms with E-state index < -0.39 is 50.3 Å². The SMILES string of the molecule is Nc1cc(N)c(N=Nc2ccc(-c3ccc(N=Nc4cc(N=Nc5ccc(N=Nc6ccc(S(=O)(=O)O)cc6)cc5)c(N)cc4N)cc3S(=O)(=O)O)c(S(=O)(=O)O)c2)cc1N=Nc1ccc(N=Nc2ccc(S(=O)(=O)O)cc2)cc1. The molecule has 406 valence electrons. The Morgan fingerprint density at radius 2 is 0.463 bits per heavy atom. The van der Waals surface area contributed by atoms with Gasteiger partial charge in [0.1, 0.15) is 32.5 Å². The van der Waals surface area contributed by atoms with Crippen molar-refractivity contribution in [1.29, 1.82) is 0 Å². The van der Waals surface area contributed by atoms with Crippen LogP contribution >= 0.6 is 0 Å². The molecule has 0 aliphatic heterocycles. The Kier molecular flexibility index (Phi) is 16.2.